The molecule has 0 atom stereocenters. The second-order valence-electron chi connectivity index (χ2n) is 3.48. The van der Waals surface area contributed by atoms with E-state index in [4.69, 9.17) is 4.42 Å². The molecule has 0 amide bonds. The third-order valence-electron chi connectivity index (χ3n) is 2.24. The molecule has 2 heterocycles. The zero-order valence-electron chi connectivity index (χ0n) is 8.73. The topological polar surface area (TPSA) is 48.0 Å². The van der Waals surface area contributed by atoms with Crippen LogP contribution in [0, 0.1) is 6.92 Å². The fourth-order valence-corrected chi connectivity index (χ4v) is 1.52. The molecular weight excluding hydrogens is 192 g/mol. The van der Waals surface area contributed by atoms with Crippen molar-refractivity contribution >= 4 is 5.78 Å². The van der Waals surface area contributed by atoms with Gasteiger partial charge in [-0.25, -0.2) is 0 Å². The van der Waals surface area contributed by atoms with Gasteiger partial charge < -0.3 is 4.42 Å². The molecule has 0 aliphatic rings. The molecule has 0 saturated heterocycles. The molecular formula is C11H12N2O2. The molecule has 0 N–H and O–H groups in total. The highest BCUT2D eigenvalue weighted by molar-refractivity contribution is 5.94. The van der Waals surface area contributed by atoms with E-state index in [1.807, 2.05) is 20.0 Å². The standard InChI is InChI=1S/C11H12N2O2/c1-8-6-9(13(2)12-8)7-10(14)11-4-3-5-15-11/h3-6H,7H2,1-2H3. The third kappa shape index (κ3) is 1.98. The molecule has 2 aromatic heterocycles. The number of hydrogen-bond acceptors (Lipinski definition) is 3. The smallest absolute Gasteiger partial charge is 0.203 e. The SMILES string of the molecule is Cc1cc(CC(=O)c2ccco2)n(C)n1. The van der Waals surface area contributed by atoms with E-state index >= 15 is 0 Å². The Balaban J connectivity index is 2.16. The number of hydrogen-bond donors (Lipinski definition) is 0. The van der Waals surface area contributed by atoms with Crippen LogP contribution in [0.1, 0.15) is 21.9 Å². The minimum atomic E-state index is -0.0250. The average Bonchev–Trinajstić information content (AvgIpc) is 2.76. The van der Waals surface area contributed by atoms with E-state index in [9.17, 15) is 4.79 Å². The summed E-state index contributed by atoms with van der Waals surface area (Å²) in [5.41, 5.74) is 1.81. The molecule has 0 radical (unpaired) electrons. The van der Waals surface area contributed by atoms with E-state index in [0.29, 0.717) is 12.2 Å². The summed E-state index contributed by atoms with van der Waals surface area (Å²) in [7, 11) is 1.83. The Hall–Kier alpha value is -1.84. The van der Waals surface area contributed by atoms with Crippen LogP contribution in [0.5, 0.6) is 0 Å². The van der Waals surface area contributed by atoms with Crippen molar-refractivity contribution < 1.29 is 9.21 Å². The van der Waals surface area contributed by atoms with Crippen molar-refractivity contribution in [1.82, 2.24) is 9.78 Å². The maximum atomic E-state index is 11.7. The maximum absolute atomic E-state index is 11.7. The number of carbonyl (C=O) groups is 1. The molecule has 0 spiro atoms. The lowest BCUT2D eigenvalue weighted by atomic mass is 10.2. The number of rotatable bonds is 3. The first-order valence-corrected chi connectivity index (χ1v) is 4.73. The lowest BCUT2D eigenvalue weighted by molar-refractivity contribution is 0.0964. The van der Waals surface area contributed by atoms with Gasteiger partial charge in [0.15, 0.2) is 5.76 Å². The monoisotopic (exact) mass is 204 g/mol. The summed E-state index contributed by atoms with van der Waals surface area (Å²) >= 11 is 0. The summed E-state index contributed by atoms with van der Waals surface area (Å²) in [6.07, 6.45) is 1.83. The zero-order chi connectivity index (χ0) is 10.8. The Bertz CT molecular complexity index is 469. The van der Waals surface area contributed by atoms with Crippen molar-refractivity contribution in [3.8, 4) is 0 Å². The molecule has 15 heavy (non-hydrogen) atoms. The molecule has 2 aromatic rings. The van der Waals surface area contributed by atoms with Crippen LogP contribution in [0.3, 0.4) is 0 Å². The van der Waals surface area contributed by atoms with Crippen molar-refractivity contribution in [1.29, 1.82) is 0 Å². The molecule has 2 rings (SSSR count). The molecule has 0 unspecified atom stereocenters. The van der Waals surface area contributed by atoms with Gasteiger partial charge in [0.25, 0.3) is 0 Å². The number of Topliss-reactive ketones (excluding diaryl/α,β-unsaturated/α-hetero) is 1. The van der Waals surface area contributed by atoms with Crippen molar-refractivity contribution in [2.24, 2.45) is 7.05 Å². The van der Waals surface area contributed by atoms with Gasteiger partial charge in [-0.05, 0) is 25.1 Å². The minimum Gasteiger partial charge on any atom is -0.461 e. The predicted molar refractivity (Wildman–Crippen MR) is 54.7 cm³/mol. The molecule has 0 fully saturated rings. The second-order valence-corrected chi connectivity index (χ2v) is 3.48. The van der Waals surface area contributed by atoms with Crippen LogP contribution in [0.25, 0.3) is 0 Å². The summed E-state index contributed by atoms with van der Waals surface area (Å²) in [4.78, 5) is 11.7. The molecule has 0 saturated carbocycles. The first-order valence-electron chi connectivity index (χ1n) is 4.73. The summed E-state index contributed by atoms with van der Waals surface area (Å²) in [6, 6.07) is 5.29. The fraction of sp³-hybridized carbons (Fsp3) is 0.273. The first kappa shape index (κ1) is 9.71. The molecule has 0 aliphatic heterocycles. The van der Waals surface area contributed by atoms with Crippen LogP contribution < -0.4 is 0 Å². The van der Waals surface area contributed by atoms with E-state index in [1.165, 1.54) is 6.26 Å². The summed E-state index contributed by atoms with van der Waals surface area (Å²) in [5.74, 6) is 0.372. The van der Waals surface area contributed by atoms with Crippen molar-refractivity contribution in [3.05, 3.63) is 41.6 Å². The summed E-state index contributed by atoms with van der Waals surface area (Å²) in [6.45, 7) is 1.90. The lowest BCUT2D eigenvalue weighted by Gasteiger charge is -1.98. The Morgan fingerprint density at radius 3 is 2.93 bits per heavy atom. The molecule has 0 bridgehead atoms. The lowest BCUT2D eigenvalue weighted by Crippen LogP contribution is -2.06. The highest BCUT2D eigenvalue weighted by Gasteiger charge is 2.12. The number of aromatic nitrogens is 2. The van der Waals surface area contributed by atoms with Crippen molar-refractivity contribution in [2.75, 3.05) is 0 Å². The Kier molecular flexibility index (Phi) is 2.41. The average molecular weight is 204 g/mol. The molecule has 4 heteroatoms. The highest BCUT2D eigenvalue weighted by Crippen LogP contribution is 2.08. The summed E-state index contributed by atoms with van der Waals surface area (Å²) < 4.78 is 6.75. The van der Waals surface area contributed by atoms with Crippen LogP contribution >= 0.6 is 0 Å². The van der Waals surface area contributed by atoms with Crippen LogP contribution in [0.2, 0.25) is 0 Å². The van der Waals surface area contributed by atoms with Gasteiger partial charge >= 0.3 is 0 Å². The van der Waals surface area contributed by atoms with E-state index < -0.39 is 0 Å². The highest BCUT2D eigenvalue weighted by atomic mass is 16.3. The van der Waals surface area contributed by atoms with Gasteiger partial charge in [-0.1, -0.05) is 0 Å². The van der Waals surface area contributed by atoms with Gasteiger partial charge in [-0.3, -0.25) is 9.48 Å². The Morgan fingerprint density at radius 1 is 1.60 bits per heavy atom. The molecule has 0 aromatic carbocycles. The van der Waals surface area contributed by atoms with Gasteiger partial charge in [0.05, 0.1) is 18.4 Å². The minimum absolute atomic E-state index is 0.0250. The fourth-order valence-electron chi connectivity index (χ4n) is 1.52. The van der Waals surface area contributed by atoms with Gasteiger partial charge in [-0.2, -0.15) is 5.10 Å². The summed E-state index contributed by atoms with van der Waals surface area (Å²) in [5, 5.41) is 4.18. The number of nitrogens with zero attached hydrogens (tertiary/aromatic N) is 2. The van der Waals surface area contributed by atoms with Gasteiger partial charge in [0.1, 0.15) is 0 Å². The normalized spacial score (nSPS) is 10.5. The quantitative estimate of drug-likeness (QED) is 0.715. The third-order valence-corrected chi connectivity index (χ3v) is 2.24. The van der Waals surface area contributed by atoms with Gasteiger partial charge in [-0.15, -0.1) is 0 Å². The number of ketones is 1. The largest absolute Gasteiger partial charge is 0.461 e. The molecule has 0 aliphatic carbocycles. The zero-order valence-corrected chi connectivity index (χ0v) is 8.73. The van der Waals surface area contributed by atoms with E-state index in [0.717, 1.165) is 11.4 Å². The van der Waals surface area contributed by atoms with Crippen LogP contribution in [-0.4, -0.2) is 15.6 Å². The Morgan fingerprint density at radius 2 is 2.40 bits per heavy atom. The predicted octanol–water partition coefficient (Wildman–Crippen LogP) is 1.75. The number of aryl methyl sites for hydroxylation is 2. The molecule has 4 nitrogen and oxygen atoms in total. The van der Waals surface area contributed by atoms with Crippen molar-refractivity contribution in [3.63, 3.8) is 0 Å². The van der Waals surface area contributed by atoms with Gasteiger partial charge in [0, 0.05) is 12.7 Å². The first-order chi connectivity index (χ1) is 7.16. The van der Waals surface area contributed by atoms with Crippen LogP contribution in [-0.2, 0) is 13.5 Å². The van der Waals surface area contributed by atoms with E-state index in [2.05, 4.69) is 5.10 Å². The van der Waals surface area contributed by atoms with Gasteiger partial charge in [0.2, 0.25) is 5.78 Å². The number of carbonyl (C=O) groups excluding carboxylic acids is 1. The Labute approximate surface area is 87.5 Å². The number of furan rings is 1. The maximum Gasteiger partial charge on any atom is 0.203 e. The van der Waals surface area contributed by atoms with E-state index in [1.54, 1.807) is 16.8 Å². The van der Waals surface area contributed by atoms with Crippen LogP contribution in [0.4, 0.5) is 0 Å². The van der Waals surface area contributed by atoms with Crippen molar-refractivity contribution in [2.45, 2.75) is 13.3 Å². The second kappa shape index (κ2) is 3.73. The van der Waals surface area contributed by atoms with Crippen LogP contribution in [0.15, 0.2) is 28.9 Å². The van der Waals surface area contributed by atoms with E-state index in [-0.39, 0.29) is 5.78 Å². The molecule has 78 valence electrons.